The number of rotatable bonds is 6. The summed E-state index contributed by atoms with van der Waals surface area (Å²) in [7, 11) is 0. The Morgan fingerprint density at radius 1 is 1.33 bits per heavy atom. The Morgan fingerprint density at radius 3 is 2.76 bits per heavy atom. The van der Waals surface area contributed by atoms with E-state index in [9.17, 15) is 4.79 Å². The lowest BCUT2D eigenvalue weighted by Crippen LogP contribution is -2.28. The molecule has 1 saturated heterocycles. The summed E-state index contributed by atoms with van der Waals surface area (Å²) in [6.45, 7) is 6.13. The molecule has 0 unspecified atom stereocenters. The van der Waals surface area contributed by atoms with E-state index in [1.165, 1.54) is 12.8 Å². The summed E-state index contributed by atoms with van der Waals surface area (Å²) >= 11 is 0. The summed E-state index contributed by atoms with van der Waals surface area (Å²) < 4.78 is 5.72. The molecule has 4 heteroatoms. The minimum atomic E-state index is 0.0772. The van der Waals surface area contributed by atoms with Crippen LogP contribution in [0, 0.1) is 5.92 Å². The van der Waals surface area contributed by atoms with Crippen LogP contribution in [0.2, 0.25) is 0 Å². The Labute approximate surface area is 127 Å². The van der Waals surface area contributed by atoms with Gasteiger partial charge in [0, 0.05) is 6.42 Å². The number of ether oxygens (including phenoxy) is 1. The fourth-order valence-corrected chi connectivity index (χ4v) is 2.64. The van der Waals surface area contributed by atoms with Crippen LogP contribution in [0.4, 0.5) is 5.69 Å². The third kappa shape index (κ3) is 5.38. The molecule has 1 fully saturated rings. The maximum atomic E-state index is 12.1. The first-order valence-electron chi connectivity index (χ1n) is 7.91. The second-order valence-electron chi connectivity index (χ2n) is 5.94. The van der Waals surface area contributed by atoms with Crippen molar-refractivity contribution in [1.82, 2.24) is 5.32 Å². The van der Waals surface area contributed by atoms with Crippen LogP contribution in [0.15, 0.2) is 24.3 Å². The van der Waals surface area contributed by atoms with Crippen molar-refractivity contribution < 1.29 is 9.53 Å². The molecule has 4 nitrogen and oxygen atoms in total. The molecule has 0 atom stereocenters. The maximum Gasteiger partial charge on any atom is 0.224 e. The molecule has 116 valence electrons. The highest BCUT2D eigenvalue weighted by Gasteiger charge is 2.15. The first-order chi connectivity index (χ1) is 10.1. The van der Waals surface area contributed by atoms with Crippen LogP contribution in [-0.2, 0) is 4.79 Å². The topological polar surface area (TPSA) is 50.4 Å². The Bertz CT molecular complexity index is 454. The predicted octanol–water partition coefficient (Wildman–Crippen LogP) is 3.19. The first-order valence-corrected chi connectivity index (χ1v) is 7.91. The van der Waals surface area contributed by atoms with Crippen LogP contribution < -0.4 is 15.4 Å². The second-order valence-corrected chi connectivity index (χ2v) is 5.94. The number of amides is 1. The van der Waals surface area contributed by atoms with Gasteiger partial charge in [-0.15, -0.1) is 0 Å². The molecule has 0 radical (unpaired) electrons. The second kappa shape index (κ2) is 8.03. The molecule has 0 aromatic heterocycles. The van der Waals surface area contributed by atoms with E-state index in [4.69, 9.17) is 4.74 Å². The van der Waals surface area contributed by atoms with Gasteiger partial charge in [0.05, 0.1) is 11.8 Å². The molecule has 2 N–H and O–H groups in total. The van der Waals surface area contributed by atoms with Gasteiger partial charge in [-0.3, -0.25) is 4.79 Å². The third-order valence-electron chi connectivity index (χ3n) is 3.76. The average molecular weight is 290 g/mol. The number of benzene rings is 1. The minimum absolute atomic E-state index is 0.0772. The molecule has 21 heavy (non-hydrogen) atoms. The molecule has 0 spiro atoms. The van der Waals surface area contributed by atoms with Gasteiger partial charge >= 0.3 is 0 Å². The van der Waals surface area contributed by atoms with Crippen LogP contribution in [0.25, 0.3) is 0 Å². The molecular formula is C17H26N2O2. The number of hydrogen-bond donors (Lipinski definition) is 2. The predicted molar refractivity (Wildman–Crippen MR) is 85.7 cm³/mol. The Morgan fingerprint density at radius 2 is 2.05 bits per heavy atom. The number of piperidine rings is 1. The van der Waals surface area contributed by atoms with E-state index < -0.39 is 0 Å². The van der Waals surface area contributed by atoms with E-state index in [1.54, 1.807) is 0 Å². The van der Waals surface area contributed by atoms with Gasteiger partial charge in [0.25, 0.3) is 0 Å². The standard InChI is InChI=1S/C17H26N2O2/c1-13(2)21-16-6-4-3-5-15(16)19-17(20)8-7-14-9-11-18-12-10-14/h3-6,13-14,18H,7-12H2,1-2H3,(H,19,20). The number of nitrogens with one attached hydrogen (secondary N) is 2. The fourth-order valence-electron chi connectivity index (χ4n) is 2.64. The molecule has 1 aliphatic heterocycles. The van der Waals surface area contributed by atoms with Gasteiger partial charge in [-0.2, -0.15) is 0 Å². The summed E-state index contributed by atoms with van der Waals surface area (Å²) in [5.74, 6) is 1.50. The summed E-state index contributed by atoms with van der Waals surface area (Å²) in [5.41, 5.74) is 0.765. The summed E-state index contributed by atoms with van der Waals surface area (Å²) in [6, 6.07) is 7.61. The Kier molecular flexibility index (Phi) is 6.05. The van der Waals surface area contributed by atoms with Gasteiger partial charge in [0.15, 0.2) is 0 Å². The molecule has 1 amide bonds. The molecule has 0 bridgehead atoms. The highest BCUT2D eigenvalue weighted by molar-refractivity contribution is 5.92. The maximum absolute atomic E-state index is 12.1. The lowest BCUT2D eigenvalue weighted by Gasteiger charge is -2.22. The van der Waals surface area contributed by atoms with Crippen molar-refractivity contribution in [2.45, 2.75) is 45.6 Å². The van der Waals surface area contributed by atoms with Gasteiger partial charge in [-0.1, -0.05) is 12.1 Å². The summed E-state index contributed by atoms with van der Waals surface area (Å²) in [4.78, 5) is 12.1. The van der Waals surface area contributed by atoms with Crippen molar-refractivity contribution >= 4 is 11.6 Å². The van der Waals surface area contributed by atoms with Crippen LogP contribution in [0.5, 0.6) is 5.75 Å². The lowest BCUT2D eigenvalue weighted by molar-refractivity contribution is -0.116. The minimum Gasteiger partial charge on any atom is -0.489 e. The van der Waals surface area contributed by atoms with E-state index in [0.29, 0.717) is 12.3 Å². The highest BCUT2D eigenvalue weighted by atomic mass is 16.5. The highest BCUT2D eigenvalue weighted by Crippen LogP contribution is 2.25. The molecule has 0 aliphatic carbocycles. The largest absolute Gasteiger partial charge is 0.489 e. The number of para-hydroxylation sites is 2. The lowest BCUT2D eigenvalue weighted by atomic mass is 9.93. The zero-order valence-corrected chi connectivity index (χ0v) is 13.0. The van der Waals surface area contributed by atoms with Crippen LogP contribution in [-0.4, -0.2) is 25.1 Å². The van der Waals surface area contributed by atoms with Crippen molar-refractivity contribution in [3.05, 3.63) is 24.3 Å². The van der Waals surface area contributed by atoms with E-state index in [-0.39, 0.29) is 12.0 Å². The van der Waals surface area contributed by atoms with Crippen molar-refractivity contribution in [3.63, 3.8) is 0 Å². The molecule has 1 aromatic carbocycles. The van der Waals surface area contributed by atoms with Gasteiger partial charge in [-0.05, 0) is 64.3 Å². The van der Waals surface area contributed by atoms with E-state index >= 15 is 0 Å². The summed E-state index contributed by atoms with van der Waals surface area (Å²) in [5, 5.41) is 6.33. The normalized spacial score (nSPS) is 16.0. The monoisotopic (exact) mass is 290 g/mol. The van der Waals surface area contributed by atoms with Crippen LogP contribution >= 0.6 is 0 Å². The van der Waals surface area contributed by atoms with Crippen molar-refractivity contribution in [2.75, 3.05) is 18.4 Å². The van der Waals surface area contributed by atoms with Gasteiger partial charge in [0.2, 0.25) is 5.91 Å². The average Bonchev–Trinajstić information content (AvgIpc) is 2.48. The van der Waals surface area contributed by atoms with E-state index in [1.807, 2.05) is 38.1 Å². The van der Waals surface area contributed by atoms with Gasteiger partial charge in [-0.25, -0.2) is 0 Å². The van der Waals surface area contributed by atoms with Crippen LogP contribution in [0.3, 0.4) is 0 Å². The molecule has 1 aliphatic rings. The first kappa shape index (κ1) is 15.8. The number of anilines is 1. The third-order valence-corrected chi connectivity index (χ3v) is 3.76. The molecular weight excluding hydrogens is 264 g/mol. The molecule has 2 rings (SSSR count). The SMILES string of the molecule is CC(C)Oc1ccccc1NC(=O)CCC1CCNCC1. The van der Waals surface area contributed by atoms with E-state index in [0.717, 1.165) is 30.9 Å². The Balaban J connectivity index is 1.84. The molecule has 0 saturated carbocycles. The Hall–Kier alpha value is -1.55. The van der Waals surface area contributed by atoms with Gasteiger partial charge in [0.1, 0.15) is 5.75 Å². The quantitative estimate of drug-likeness (QED) is 0.846. The molecule has 1 heterocycles. The number of carbonyl (C=O) groups is 1. The van der Waals surface area contributed by atoms with Gasteiger partial charge < -0.3 is 15.4 Å². The zero-order valence-electron chi connectivity index (χ0n) is 13.0. The van der Waals surface area contributed by atoms with Crippen LogP contribution in [0.1, 0.15) is 39.5 Å². The zero-order chi connectivity index (χ0) is 15.1. The van der Waals surface area contributed by atoms with Crippen molar-refractivity contribution in [2.24, 2.45) is 5.92 Å². The van der Waals surface area contributed by atoms with E-state index in [2.05, 4.69) is 10.6 Å². The number of hydrogen-bond acceptors (Lipinski definition) is 3. The van der Waals surface area contributed by atoms with Crippen molar-refractivity contribution in [3.8, 4) is 5.75 Å². The van der Waals surface area contributed by atoms with Crippen molar-refractivity contribution in [1.29, 1.82) is 0 Å². The molecule has 1 aromatic rings. The fraction of sp³-hybridized carbons (Fsp3) is 0.588. The summed E-state index contributed by atoms with van der Waals surface area (Å²) in [6.07, 6.45) is 4.01. The number of carbonyl (C=O) groups excluding carboxylic acids is 1. The smallest absolute Gasteiger partial charge is 0.224 e.